The van der Waals surface area contributed by atoms with Crippen molar-refractivity contribution >= 4 is 29.4 Å². The molecule has 2 rings (SSSR count). The Kier molecular flexibility index (Phi) is 5.16. The summed E-state index contributed by atoms with van der Waals surface area (Å²) in [5.74, 6) is 5.01. The Balaban J connectivity index is 2.15. The van der Waals surface area contributed by atoms with Crippen LogP contribution in [0.1, 0.15) is 11.1 Å². The molecule has 2 aromatic rings. The molecule has 3 N–H and O–H groups in total. The summed E-state index contributed by atoms with van der Waals surface area (Å²) in [6, 6.07) is 7.75. The third-order valence-corrected chi connectivity index (χ3v) is 3.30. The van der Waals surface area contributed by atoms with Crippen LogP contribution in [0.3, 0.4) is 0 Å². The zero-order valence-electron chi connectivity index (χ0n) is 11.2. The summed E-state index contributed by atoms with van der Waals surface area (Å²) in [6.45, 7) is -0.00152. The molecular formula is C16H11Cl2NO3. The molecule has 22 heavy (non-hydrogen) atoms. The standard InChI is InChI=1S/C16H11Cl2NO3/c17-12-4-1-5-13(18)16(12)22-6-2-3-11-7-10(9-19)8-14(20)15(11)21/h1,4-5,7-9,19-21H,6H2. The number of halogens is 2. The number of nitrogens with one attached hydrogen (secondary N) is 1. The maximum absolute atomic E-state index is 9.71. The molecule has 0 aromatic heterocycles. The normalized spacial score (nSPS) is 9.73. The van der Waals surface area contributed by atoms with Crippen molar-refractivity contribution in [1.82, 2.24) is 0 Å². The van der Waals surface area contributed by atoms with Gasteiger partial charge in [0.1, 0.15) is 6.61 Å². The summed E-state index contributed by atoms with van der Waals surface area (Å²) in [4.78, 5) is 0. The summed E-state index contributed by atoms with van der Waals surface area (Å²) >= 11 is 11.9. The number of ether oxygens (including phenoxy) is 1. The van der Waals surface area contributed by atoms with E-state index < -0.39 is 0 Å². The van der Waals surface area contributed by atoms with Crippen molar-refractivity contribution in [2.75, 3.05) is 6.61 Å². The number of rotatable bonds is 3. The van der Waals surface area contributed by atoms with E-state index in [0.717, 1.165) is 6.21 Å². The molecule has 0 saturated heterocycles. The highest BCUT2D eigenvalue weighted by Crippen LogP contribution is 2.32. The Bertz CT molecular complexity index is 759. The van der Waals surface area contributed by atoms with Gasteiger partial charge in [0.05, 0.1) is 15.6 Å². The van der Waals surface area contributed by atoms with Gasteiger partial charge in [0.25, 0.3) is 0 Å². The van der Waals surface area contributed by atoms with Crippen molar-refractivity contribution in [2.24, 2.45) is 0 Å². The van der Waals surface area contributed by atoms with Crippen LogP contribution in [-0.2, 0) is 0 Å². The zero-order chi connectivity index (χ0) is 16.1. The number of phenolic OH excluding ortho intramolecular Hbond substituents is 2. The third kappa shape index (κ3) is 3.64. The Morgan fingerprint density at radius 3 is 2.50 bits per heavy atom. The number of hydrogen-bond donors (Lipinski definition) is 3. The van der Waals surface area contributed by atoms with Crippen molar-refractivity contribution in [3.63, 3.8) is 0 Å². The molecule has 0 spiro atoms. The van der Waals surface area contributed by atoms with E-state index in [9.17, 15) is 10.2 Å². The van der Waals surface area contributed by atoms with Crippen LogP contribution in [0.4, 0.5) is 0 Å². The second-order valence-electron chi connectivity index (χ2n) is 4.22. The summed E-state index contributed by atoms with van der Waals surface area (Å²) in [6.07, 6.45) is 1.05. The molecule has 0 amide bonds. The number of benzene rings is 2. The minimum absolute atomic E-state index is 0.00152. The summed E-state index contributed by atoms with van der Waals surface area (Å²) < 4.78 is 5.39. The highest BCUT2D eigenvalue weighted by Gasteiger charge is 2.07. The fourth-order valence-corrected chi connectivity index (χ4v) is 2.19. The largest absolute Gasteiger partial charge is 0.504 e. The van der Waals surface area contributed by atoms with E-state index in [1.165, 1.54) is 12.1 Å². The second kappa shape index (κ2) is 7.08. The van der Waals surface area contributed by atoms with Gasteiger partial charge >= 0.3 is 0 Å². The topological polar surface area (TPSA) is 73.5 Å². The first-order valence-corrected chi connectivity index (χ1v) is 6.90. The van der Waals surface area contributed by atoms with Crippen LogP contribution in [0.15, 0.2) is 30.3 Å². The lowest BCUT2D eigenvalue weighted by Gasteiger charge is -2.06. The number of para-hydroxylation sites is 1. The van der Waals surface area contributed by atoms with Gasteiger partial charge < -0.3 is 20.4 Å². The van der Waals surface area contributed by atoms with Gasteiger partial charge in [-0.05, 0) is 29.8 Å². The zero-order valence-corrected chi connectivity index (χ0v) is 12.7. The Hall–Kier alpha value is -2.35. The van der Waals surface area contributed by atoms with E-state index >= 15 is 0 Å². The molecule has 0 radical (unpaired) electrons. The molecule has 0 aliphatic carbocycles. The van der Waals surface area contributed by atoms with Gasteiger partial charge in [-0.2, -0.15) is 0 Å². The highest BCUT2D eigenvalue weighted by atomic mass is 35.5. The second-order valence-corrected chi connectivity index (χ2v) is 5.04. The van der Waals surface area contributed by atoms with Crippen LogP contribution < -0.4 is 4.74 Å². The van der Waals surface area contributed by atoms with E-state index in [2.05, 4.69) is 11.8 Å². The van der Waals surface area contributed by atoms with Crippen molar-refractivity contribution in [3.8, 4) is 29.1 Å². The molecule has 0 unspecified atom stereocenters. The van der Waals surface area contributed by atoms with E-state index in [0.29, 0.717) is 21.4 Å². The Labute approximate surface area is 137 Å². The van der Waals surface area contributed by atoms with Crippen LogP contribution in [0.2, 0.25) is 10.0 Å². The minimum Gasteiger partial charge on any atom is -0.504 e. The first kappa shape index (κ1) is 16.0. The quantitative estimate of drug-likeness (QED) is 0.453. The lowest BCUT2D eigenvalue weighted by atomic mass is 10.1. The first-order valence-electron chi connectivity index (χ1n) is 6.15. The number of phenols is 2. The van der Waals surface area contributed by atoms with E-state index in [-0.39, 0.29) is 23.7 Å². The molecule has 0 atom stereocenters. The molecule has 0 bridgehead atoms. The van der Waals surface area contributed by atoms with Crippen LogP contribution in [0, 0.1) is 17.3 Å². The van der Waals surface area contributed by atoms with Crippen molar-refractivity contribution in [3.05, 3.63) is 51.5 Å². The van der Waals surface area contributed by atoms with Gasteiger partial charge in [0.2, 0.25) is 0 Å². The Morgan fingerprint density at radius 2 is 1.86 bits per heavy atom. The molecule has 0 saturated carbocycles. The summed E-state index contributed by atoms with van der Waals surface area (Å²) in [5, 5.41) is 27.2. The number of aromatic hydroxyl groups is 2. The van der Waals surface area contributed by atoms with Gasteiger partial charge in [0, 0.05) is 6.21 Å². The van der Waals surface area contributed by atoms with Gasteiger partial charge in [-0.25, -0.2) is 0 Å². The molecule has 0 fully saturated rings. The molecule has 4 nitrogen and oxygen atoms in total. The minimum atomic E-state index is -0.339. The fourth-order valence-electron chi connectivity index (χ4n) is 1.68. The Morgan fingerprint density at radius 1 is 1.18 bits per heavy atom. The van der Waals surface area contributed by atoms with Crippen molar-refractivity contribution < 1.29 is 14.9 Å². The van der Waals surface area contributed by atoms with E-state index in [1.807, 2.05) is 0 Å². The number of hydrogen-bond acceptors (Lipinski definition) is 4. The third-order valence-electron chi connectivity index (χ3n) is 2.71. The van der Waals surface area contributed by atoms with Gasteiger partial charge in [-0.3, -0.25) is 0 Å². The maximum Gasteiger partial charge on any atom is 0.173 e. The average Bonchev–Trinajstić information content (AvgIpc) is 2.49. The molecule has 0 aliphatic heterocycles. The maximum atomic E-state index is 9.71. The average molecular weight is 336 g/mol. The summed E-state index contributed by atoms with van der Waals surface area (Å²) in [7, 11) is 0. The summed E-state index contributed by atoms with van der Waals surface area (Å²) in [5.41, 5.74) is 0.627. The predicted octanol–water partition coefficient (Wildman–Crippen LogP) is 3.83. The molecule has 112 valence electrons. The van der Waals surface area contributed by atoms with Crippen LogP contribution in [0.25, 0.3) is 0 Å². The van der Waals surface area contributed by atoms with Gasteiger partial charge in [0.15, 0.2) is 17.2 Å². The van der Waals surface area contributed by atoms with Crippen molar-refractivity contribution in [1.29, 1.82) is 5.41 Å². The first-order chi connectivity index (χ1) is 10.5. The van der Waals surface area contributed by atoms with Crippen molar-refractivity contribution in [2.45, 2.75) is 0 Å². The highest BCUT2D eigenvalue weighted by molar-refractivity contribution is 6.37. The lowest BCUT2D eigenvalue weighted by Crippen LogP contribution is -1.95. The SMILES string of the molecule is N=Cc1cc(O)c(O)c(C#CCOc2c(Cl)cccc2Cl)c1. The molecule has 0 heterocycles. The van der Waals surface area contributed by atoms with Gasteiger partial charge in [-0.1, -0.05) is 41.1 Å². The van der Waals surface area contributed by atoms with E-state index in [4.69, 9.17) is 33.3 Å². The smallest absolute Gasteiger partial charge is 0.173 e. The molecule has 6 heteroatoms. The molecule has 2 aromatic carbocycles. The predicted molar refractivity (Wildman–Crippen MR) is 86.5 cm³/mol. The van der Waals surface area contributed by atoms with Gasteiger partial charge in [-0.15, -0.1) is 0 Å². The van der Waals surface area contributed by atoms with Crippen LogP contribution in [0.5, 0.6) is 17.2 Å². The van der Waals surface area contributed by atoms with Crippen LogP contribution in [-0.4, -0.2) is 23.0 Å². The van der Waals surface area contributed by atoms with E-state index in [1.54, 1.807) is 18.2 Å². The molecular weight excluding hydrogens is 325 g/mol. The van der Waals surface area contributed by atoms with Crippen LogP contribution >= 0.6 is 23.2 Å². The monoisotopic (exact) mass is 335 g/mol. The lowest BCUT2D eigenvalue weighted by molar-refractivity contribution is 0.370. The fraction of sp³-hybridized carbons (Fsp3) is 0.0625. The molecule has 0 aliphatic rings.